The van der Waals surface area contributed by atoms with Crippen molar-refractivity contribution < 1.29 is 13.9 Å². The lowest BCUT2D eigenvalue weighted by molar-refractivity contribution is 0.0600. The molecule has 106 valence electrons. The number of carbonyl (C=O) groups excluding carboxylic acids is 1. The maximum atomic E-state index is 11.7. The molecule has 1 N–H and O–H groups in total. The zero-order valence-corrected chi connectivity index (χ0v) is 13.2. The summed E-state index contributed by atoms with van der Waals surface area (Å²) in [6.45, 7) is 3.88. The topological polar surface area (TPSA) is 51.5 Å². The van der Waals surface area contributed by atoms with Gasteiger partial charge in [-0.1, -0.05) is 6.07 Å². The van der Waals surface area contributed by atoms with E-state index in [9.17, 15) is 4.79 Å². The molecule has 0 aliphatic heterocycles. The van der Waals surface area contributed by atoms with Gasteiger partial charge in [0.15, 0.2) is 4.67 Å². The van der Waals surface area contributed by atoms with Crippen LogP contribution in [0.3, 0.4) is 0 Å². The lowest BCUT2D eigenvalue weighted by Crippen LogP contribution is -2.10. The summed E-state index contributed by atoms with van der Waals surface area (Å²) in [4.78, 5) is 11.7. The van der Waals surface area contributed by atoms with Crippen molar-refractivity contribution in [2.45, 2.75) is 19.9 Å². The molecule has 0 amide bonds. The first-order valence-corrected chi connectivity index (χ1v) is 7.02. The van der Waals surface area contributed by atoms with Crippen molar-refractivity contribution in [1.29, 1.82) is 0 Å². The Morgan fingerprint density at radius 1 is 1.35 bits per heavy atom. The van der Waals surface area contributed by atoms with Crippen LogP contribution in [0.4, 0.5) is 5.69 Å². The van der Waals surface area contributed by atoms with Crippen LogP contribution in [0.1, 0.15) is 34.6 Å². The van der Waals surface area contributed by atoms with Crippen LogP contribution in [0.5, 0.6) is 0 Å². The minimum atomic E-state index is -0.334. The first kappa shape index (κ1) is 14.7. The number of furan rings is 1. The largest absolute Gasteiger partial charge is 0.465 e. The molecular weight excluding hydrogens is 322 g/mol. The molecule has 2 rings (SSSR count). The van der Waals surface area contributed by atoms with Crippen molar-refractivity contribution in [3.63, 3.8) is 0 Å². The summed E-state index contributed by atoms with van der Waals surface area (Å²) in [6, 6.07) is 9.25. The van der Waals surface area contributed by atoms with Crippen molar-refractivity contribution in [3.8, 4) is 0 Å². The molecule has 0 fully saturated rings. The minimum absolute atomic E-state index is 0.00658. The molecule has 0 bridgehead atoms. The van der Waals surface area contributed by atoms with E-state index in [0.717, 1.165) is 17.0 Å². The number of halogens is 1. The number of methoxy groups -OCH3 is 1. The average Bonchev–Trinajstić information content (AvgIpc) is 2.87. The highest BCUT2D eigenvalue weighted by Gasteiger charge is 2.15. The molecule has 2 aromatic rings. The van der Waals surface area contributed by atoms with Crippen molar-refractivity contribution in [3.05, 3.63) is 51.9 Å². The van der Waals surface area contributed by atoms with Gasteiger partial charge in [-0.15, -0.1) is 0 Å². The third-order valence-corrected chi connectivity index (χ3v) is 3.56. The minimum Gasteiger partial charge on any atom is -0.465 e. The predicted octanol–water partition coefficient (Wildman–Crippen LogP) is 4.31. The lowest BCUT2D eigenvalue weighted by Gasteiger charge is -2.16. The van der Waals surface area contributed by atoms with Crippen LogP contribution in [-0.4, -0.2) is 13.1 Å². The maximum Gasteiger partial charge on any atom is 0.338 e. The Balaban J connectivity index is 2.23. The van der Waals surface area contributed by atoms with E-state index in [1.807, 2.05) is 38.1 Å². The van der Waals surface area contributed by atoms with Gasteiger partial charge in [-0.05, 0) is 59.6 Å². The van der Waals surface area contributed by atoms with Gasteiger partial charge in [-0.2, -0.15) is 0 Å². The normalized spacial score (nSPS) is 12.0. The van der Waals surface area contributed by atoms with Crippen LogP contribution in [0.25, 0.3) is 0 Å². The molecule has 1 aromatic carbocycles. The maximum absolute atomic E-state index is 11.7. The van der Waals surface area contributed by atoms with Crippen LogP contribution < -0.4 is 5.32 Å². The van der Waals surface area contributed by atoms with Crippen molar-refractivity contribution in [1.82, 2.24) is 0 Å². The molecule has 20 heavy (non-hydrogen) atoms. The van der Waals surface area contributed by atoms with Gasteiger partial charge in [0, 0.05) is 5.69 Å². The van der Waals surface area contributed by atoms with E-state index >= 15 is 0 Å². The number of nitrogens with one attached hydrogen (secondary N) is 1. The first-order chi connectivity index (χ1) is 9.52. The van der Waals surface area contributed by atoms with Crippen LogP contribution >= 0.6 is 15.9 Å². The third kappa shape index (κ3) is 3.04. The van der Waals surface area contributed by atoms with Gasteiger partial charge in [0.25, 0.3) is 0 Å². The Kier molecular flexibility index (Phi) is 4.49. The summed E-state index contributed by atoms with van der Waals surface area (Å²) in [5.74, 6) is 0.485. The summed E-state index contributed by atoms with van der Waals surface area (Å²) in [6.07, 6.45) is 0. The van der Waals surface area contributed by atoms with Crippen molar-refractivity contribution in [2.24, 2.45) is 0 Å². The molecule has 4 nitrogen and oxygen atoms in total. The van der Waals surface area contributed by atoms with E-state index < -0.39 is 0 Å². The number of benzene rings is 1. The molecule has 0 saturated heterocycles. The van der Waals surface area contributed by atoms with Gasteiger partial charge in [0.1, 0.15) is 5.76 Å². The van der Waals surface area contributed by atoms with Crippen molar-refractivity contribution >= 4 is 27.6 Å². The monoisotopic (exact) mass is 337 g/mol. The van der Waals surface area contributed by atoms with Gasteiger partial charge < -0.3 is 14.5 Å². The Hall–Kier alpha value is -1.75. The number of carbonyl (C=O) groups is 1. The highest BCUT2D eigenvalue weighted by molar-refractivity contribution is 9.10. The zero-order chi connectivity index (χ0) is 14.7. The first-order valence-electron chi connectivity index (χ1n) is 6.22. The van der Waals surface area contributed by atoms with Gasteiger partial charge in [-0.3, -0.25) is 0 Å². The van der Waals surface area contributed by atoms with Gasteiger partial charge in [-0.25, -0.2) is 4.79 Å². The van der Waals surface area contributed by atoms with Gasteiger partial charge in [0.05, 0.1) is 18.7 Å². The quantitative estimate of drug-likeness (QED) is 0.844. The zero-order valence-electron chi connectivity index (χ0n) is 11.6. The van der Waals surface area contributed by atoms with Crippen molar-refractivity contribution in [2.75, 3.05) is 12.4 Å². The van der Waals surface area contributed by atoms with Crippen LogP contribution in [0.2, 0.25) is 0 Å². The number of hydrogen-bond donors (Lipinski definition) is 1. The molecule has 0 spiro atoms. The molecule has 1 heterocycles. The number of hydrogen-bond acceptors (Lipinski definition) is 4. The standard InChI is InChI=1S/C15H16BrNO3/c1-9-11(15(18)19-3)5-4-6-12(9)17-10(2)13-7-8-14(16)20-13/h4-8,10,17H,1-3H3. The predicted molar refractivity (Wildman–Crippen MR) is 81.0 cm³/mol. The summed E-state index contributed by atoms with van der Waals surface area (Å²) >= 11 is 3.28. The van der Waals surface area contributed by atoms with E-state index in [2.05, 4.69) is 21.2 Å². The Morgan fingerprint density at radius 2 is 2.10 bits per heavy atom. The number of rotatable bonds is 4. The van der Waals surface area contributed by atoms with E-state index in [0.29, 0.717) is 10.2 Å². The number of esters is 1. The molecule has 0 radical (unpaired) electrons. The average molecular weight is 338 g/mol. The smallest absolute Gasteiger partial charge is 0.338 e. The second-order valence-electron chi connectivity index (χ2n) is 4.48. The van der Waals surface area contributed by atoms with E-state index in [1.165, 1.54) is 7.11 Å². The summed E-state index contributed by atoms with van der Waals surface area (Å²) < 4.78 is 11.0. The Labute approximate surface area is 126 Å². The van der Waals surface area contributed by atoms with E-state index in [-0.39, 0.29) is 12.0 Å². The second-order valence-corrected chi connectivity index (χ2v) is 5.26. The molecule has 0 aliphatic rings. The molecule has 1 aromatic heterocycles. The fraction of sp³-hybridized carbons (Fsp3) is 0.267. The molecule has 0 aliphatic carbocycles. The fourth-order valence-corrected chi connectivity index (χ4v) is 2.31. The third-order valence-electron chi connectivity index (χ3n) is 3.13. The number of ether oxygens (including phenoxy) is 1. The lowest BCUT2D eigenvalue weighted by atomic mass is 10.1. The molecule has 5 heteroatoms. The molecule has 1 atom stereocenters. The number of anilines is 1. The second kappa shape index (κ2) is 6.13. The Bertz CT molecular complexity index is 621. The highest BCUT2D eigenvalue weighted by Crippen LogP contribution is 2.26. The summed E-state index contributed by atoms with van der Waals surface area (Å²) in [7, 11) is 1.38. The SMILES string of the molecule is COC(=O)c1cccc(NC(C)c2ccc(Br)o2)c1C. The fourth-order valence-electron chi connectivity index (χ4n) is 1.99. The van der Waals surface area contributed by atoms with Crippen LogP contribution in [0.15, 0.2) is 39.4 Å². The molecular formula is C15H16BrNO3. The summed E-state index contributed by atoms with van der Waals surface area (Å²) in [5, 5.41) is 3.34. The van der Waals surface area contributed by atoms with Crippen LogP contribution in [0, 0.1) is 6.92 Å². The van der Waals surface area contributed by atoms with Crippen LogP contribution in [-0.2, 0) is 4.74 Å². The highest BCUT2D eigenvalue weighted by atomic mass is 79.9. The van der Waals surface area contributed by atoms with E-state index in [4.69, 9.17) is 9.15 Å². The molecule has 1 unspecified atom stereocenters. The van der Waals surface area contributed by atoms with E-state index in [1.54, 1.807) is 6.07 Å². The van der Waals surface area contributed by atoms with Gasteiger partial charge in [0.2, 0.25) is 0 Å². The molecule has 0 saturated carbocycles. The Morgan fingerprint density at radius 3 is 2.70 bits per heavy atom. The van der Waals surface area contributed by atoms with Gasteiger partial charge >= 0.3 is 5.97 Å². The summed E-state index contributed by atoms with van der Waals surface area (Å²) in [5.41, 5.74) is 2.30.